The van der Waals surface area contributed by atoms with Gasteiger partial charge in [-0.1, -0.05) is 57.8 Å². The third-order valence-corrected chi connectivity index (χ3v) is 3.37. The van der Waals surface area contributed by atoms with Crippen molar-refractivity contribution in [3.63, 3.8) is 0 Å². The first-order valence-electron chi connectivity index (χ1n) is 7.37. The molecule has 0 amide bonds. The summed E-state index contributed by atoms with van der Waals surface area (Å²) < 4.78 is 5.72. The summed E-state index contributed by atoms with van der Waals surface area (Å²) in [6.45, 7) is 5.22. The van der Waals surface area contributed by atoms with Crippen LogP contribution in [0.2, 0.25) is 0 Å². The lowest BCUT2D eigenvalue weighted by atomic mass is 10.00. The van der Waals surface area contributed by atoms with E-state index in [1.54, 1.807) is 0 Å². The Labute approximate surface area is 112 Å². The monoisotopic (exact) mass is 252 g/mol. The van der Waals surface area contributed by atoms with Gasteiger partial charge >= 0.3 is 0 Å². The van der Waals surface area contributed by atoms with Crippen LogP contribution in [0.25, 0.3) is 0 Å². The Morgan fingerprint density at radius 3 is 2.83 bits per heavy atom. The highest BCUT2D eigenvalue weighted by molar-refractivity contribution is 5.19. The number of ether oxygens (including phenoxy) is 1. The summed E-state index contributed by atoms with van der Waals surface area (Å²) in [5, 5.41) is 9.30. The zero-order valence-corrected chi connectivity index (χ0v) is 11.9. The van der Waals surface area contributed by atoms with Crippen molar-refractivity contribution in [2.24, 2.45) is 5.92 Å². The Hall–Kier alpha value is -0.600. The fourth-order valence-corrected chi connectivity index (χ4v) is 2.28. The van der Waals surface area contributed by atoms with Crippen LogP contribution in [0.5, 0.6) is 0 Å². The Kier molecular flexibility index (Phi) is 8.03. The molecule has 0 saturated heterocycles. The molecule has 1 rings (SSSR count). The van der Waals surface area contributed by atoms with Gasteiger partial charge in [0.05, 0.1) is 19.3 Å². The van der Waals surface area contributed by atoms with E-state index in [1.165, 1.54) is 32.1 Å². The van der Waals surface area contributed by atoms with E-state index < -0.39 is 0 Å². The maximum Gasteiger partial charge on any atom is 0.0989 e. The predicted molar refractivity (Wildman–Crippen MR) is 76.6 cm³/mol. The van der Waals surface area contributed by atoms with E-state index in [9.17, 15) is 5.11 Å². The summed E-state index contributed by atoms with van der Waals surface area (Å²) in [7, 11) is 0. The molecule has 2 atom stereocenters. The Bertz CT molecular complexity index is 268. The van der Waals surface area contributed by atoms with Gasteiger partial charge in [0, 0.05) is 0 Å². The average molecular weight is 252 g/mol. The van der Waals surface area contributed by atoms with Crippen molar-refractivity contribution in [2.45, 2.75) is 58.5 Å². The van der Waals surface area contributed by atoms with Crippen molar-refractivity contribution in [1.82, 2.24) is 0 Å². The maximum absolute atomic E-state index is 9.30. The van der Waals surface area contributed by atoms with Crippen LogP contribution in [0, 0.1) is 5.92 Å². The van der Waals surface area contributed by atoms with Crippen LogP contribution in [-0.2, 0) is 4.74 Å². The zero-order valence-electron chi connectivity index (χ0n) is 11.9. The standard InChI is InChI=1S/C16H28O2/c1-3-4-5-6-7-8-9-10-16-15(12-17)11-14(2)13-18-16/h9-11,14,16-17H,3-8,12-13H2,1-2H3. The fraction of sp³-hybridized carbons (Fsp3) is 0.750. The quantitative estimate of drug-likeness (QED) is 0.525. The first-order valence-corrected chi connectivity index (χ1v) is 7.37. The van der Waals surface area contributed by atoms with E-state index in [2.05, 4.69) is 32.1 Å². The summed E-state index contributed by atoms with van der Waals surface area (Å²) in [6, 6.07) is 0. The Balaban J connectivity index is 2.22. The molecule has 0 aliphatic carbocycles. The molecular weight excluding hydrogens is 224 g/mol. The van der Waals surface area contributed by atoms with E-state index in [1.807, 2.05) is 0 Å². The number of aliphatic hydroxyl groups is 1. The molecule has 0 aromatic heterocycles. The summed E-state index contributed by atoms with van der Waals surface area (Å²) in [4.78, 5) is 0. The SMILES string of the molecule is CCCCCCCC=CC1OCC(C)C=C1CO. The molecule has 0 bridgehead atoms. The summed E-state index contributed by atoms with van der Waals surface area (Å²) in [5.74, 6) is 0.422. The van der Waals surface area contributed by atoms with Crippen molar-refractivity contribution in [1.29, 1.82) is 0 Å². The van der Waals surface area contributed by atoms with Gasteiger partial charge in [0.2, 0.25) is 0 Å². The van der Waals surface area contributed by atoms with Crippen LogP contribution < -0.4 is 0 Å². The molecule has 2 heteroatoms. The van der Waals surface area contributed by atoms with Crippen LogP contribution >= 0.6 is 0 Å². The van der Waals surface area contributed by atoms with Crippen molar-refractivity contribution >= 4 is 0 Å². The first-order chi connectivity index (χ1) is 8.77. The number of aliphatic hydroxyl groups excluding tert-OH is 1. The largest absolute Gasteiger partial charge is 0.392 e. The molecule has 0 radical (unpaired) electrons. The minimum absolute atomic E-state index is 0.00171. The molecule has 1 heterocycles. The van der Waals surface area contributed by atoms with Gasteiger partial charge in [-0.25, -0.2) is 0 Å². The lowest BCUT2D eigenvalue weighted by Gasteiger charge is -2.24. The van der Waals surface area contributed by atoms with Crippen molar-refractivity contribution in [3.8, 4) is 0 Å². The van der Waals surface area contributed by atoms with E-state index in [-0.39, 0.29) is 12.7 Å². The highest BCUT2D eigenvalue weighted by Crippen LogP contribution is 2.19. The van der Waals surface area contributed by atoms with E-state index >= 15 is 0 Å². The number of hydrogen-bond donors (Lipinski definition) is 1. The van der Waals surface area contributed by atoms with Crippen molar-refractivity contribution in [2.75, 3.05) is 13.2 Å². The summed E-state index contributed by atoms with van der Waals surface area (Å²) >= 11 is 0. The third kappa shape index (κ3) is 5.83. The fourth-order valence-electron chi connectivity index (χ4n) is 2.28. The minimum Gasteiger partial charge on any atom is -0.392 e. The van der Waals surface area contributed by atoms with E-state index in [4.69, 9.17) is 4.74 Å². The highest BCUT2D eigenvalue weighted by Gasteiger charge is 2.18. The minimum atomic E-state index is 0.00171. The second-order valence-corrected chi connectivity index (χ2v) is 5.26. The molecule has 0 aromatic carbocycles. The first kappa shape index (κ1) is 15.5. The van der Waals surface area contributed by atoms with Gasteiger partial charge in [0.1, 0.15) is 0 Å². The number of rotatable bonds is 8. The highest BCUT2D eigenvalue weighted by atomic mass is 16.5. The Morgan fingerprint density at radius 1 is 1.33 bits per heavy atom. The normalized spacial score (nSPS) is 24.5. The van der Waals surface area contributed by atoms with Crippen molar-refractivity contribution in [3.05, 3.63) is 23.8 Å². The Morgan fingerprint density at radius 2 is 2.11 bits per heavy atom. The van der Waals surface area contributed by atoms with Gasteiger partial charge in [-0.2, -0.15) is 0 Å². The van der Waals surface area contributed by atoms with Gasteiger partial charge in [0.25, 0.3) is 0 Å². The number of allylic oxidation sites excluding steroid dienone is 1. The second kappa shape index (κ2) is 9.35. The van der Waals surface area contributed by atoms with Crippen LogP contribution in [0.3, 0.4) is 0 Å². The molecule has 2 nitrogen and oxygen atoms in total. The molecule has 0 saturated carbocycles. The van der Waals surface area contributed by atoms with Crippen LogP contribution in [0.4, 0.5) is 0 Å². The molecular formula is C16H28O2. The van der Waals surface area contributed by atoms with Crippen molar-refractivity contribution < 1.29 is 9.84 Å². The molecule has 1 N–H and O–H groups in total. The third-order valence-electron chi connectivity index (χ3n) is 3.37. The van der Waals surface area contributed by atoms with Gasteiger partial charge in [-0.05, 0) is 24.3 Å². The lowest BCUT2D eigenvalue weighted by molar-refractivity contribution is 0.0701. The number of hydrogen-bond acceptors (Lipinski definition) is 2. The van der Waals surface area contributed by atoms with Gasteiger partial charge in [0.15, 0.2) is 0 Å². The lowest BCUT2D eigenvalue weighted by Crippen LogP contribution is -2.24. The van der Waals surface area contributed by atoms with Crippen LogP contribution in [0.1, 0.15) is 52.4 Å². The van der Waals surface area contributed by atoms with E-state index in [0.717, 1.165) is 18.6 Å². The van der Waals surface area contributed by atoms with Gasteiger partial charge < -0.3 is 9.84 Å². The topological polar surface area (TPSA) is 29.5 Å². The molecule has 18 heavy (non-hydrogen) atoms. The smallest absolute Gasteiger partial charge is 0.0989 e. The molecule has 1 aliphatic heterocycles. The zero-order chi connectivity index (χ0) is 13.2. The molecule has 0 aromatic rings. The maximum atomic E-state index is 9.30. The van der Waals surface area contributed by atoms with Crippen LogP contribution in [-0.4, -0.2) is 24.4 Å². The van der Waals surface area contributed by atoms with Gasteiger partial charge in [-0.3, -0.25) is 0 Å². The molecule has 104 valence electrons. The summed E-state index contributed by atoms with van der Waals surface area (Å²) in [6.07, 6.45) is 14.2. The number of unbranched alkanes of at least 4 members (excludes halogenated alkanes) is 5. The summed E-state index contributed by atoms with van der Waals surface area (Å²) in [5.41, 5.74) is 1.01. The van der Waals surface area contributed by atoms with E-state index in [0.29, 0.717) is 5.92 Å². The molecule has 1 aliphatic rings. The molecule has 0 fully saturated rings. The van der Waals surface area contributed by atoms with Crippen LogP contribution in [0.15, 0.2) is 23.8 Å². The molecule has 0 spiro atoms. The predicted octanol–water partition coefficient (Wildman–Crippen LogP) is 3.86. The average Bonchev–Trinajstić information content (AvgIpc) is 2.39. The second-order valence-electron chi connectivity index (χ2n) is 5.26. The van der Waals surface area contributed by atoms with Gasteiger partial charge in [-0.15, -0.1) is 0 Å². The molecule has 2 unspecified atom stereocenters.